The summed E-state index contributed by atoms with van der Waals surface area (Å²) in [7, 11) is 1.63. The van der Waals surface area contributed by atoms with Crippen molar-refractivity contribution in [2.75, 3.05) is 7.11 Å². The second-order valence-corrected chi connectivity index (χ2v) is 8.28. The van der Waals surface area contributed by atoms with Gasteiger partial charge < -0.3 is 10.5 Å². The largest absolute Gasteiger partial charge is 0.497 e. The normalized spacial score (nSPS) is 20.1. The predicted molar refractivity (Wildman–Crippen MR) is 116 cm³/mol. The van der Waals surface area contributed by atoms with Gasteiger partial charge in [0, 0.05) is 17.1 Å². The first-order chi connectivity index (χ1) is 14.5. The van der Waals surface area contributed by atoms with Gasteiger partial charge in [-0.2, -0.15) is 0 Å². The van der Waals surface area contributed by atoms with Crippen molar-refractivity contribution < 1.29 is 13.9 Å². The minimum atomic E-state index is -0.404. The molecule has 1 heterocycles. The maximum Gasteiger partial charge on any atom is 0.248 e. The van der Waals surface area contributed by atoms with Crippen molar-refractivity contribution in [3.05, 3.63) is 71.2 Å². The maximum atomic E-state index is 13.8. The molecule has 1 aliphatic rings. The summed E-state index contributed by atoms with van der Waals surface area (Å²) in [6.45, 7) is 2.17. The lowest BCUT2D eigenvalue weighted by Gasteiger charge is -2.33. The topological polar surface area (TPSA) is 65.2 Å². The summed E-state index contributed by atoms with van der Waals surface area (Å²) >= 11 is 0. The number of nitrogens with two attached hydrogens (primary N) is 1. The molecule has 1 saturated carbocycles. The number of carbonyl (C=O) groups excluding carboxylic acids is 1. The highest BCUT2D eigenvalue weighted by atomic mass is 19.1. The second kappa shape index (κ2) is 8.42. The van der Waals surface area contributed by atoms with Crippen molar-refractivity contribution in [1.29, 1.82) is 0 Å². The van der Waals surface area contributed by atoms with Crippen LogP contribution in [-0.4, -0.2) is 18.0 Å². The molecule has 0 saturated heterocycles. The summed E-state index contributed by atoms with van der Waals surface area (Å²) in [5.74, 6) is 1.16. The van der Waals surface area contributed by atoms with Crippen LogP contribution in [0.3, 0.4) is 0 Å². The Morgan fingerprint density at radius 1 is 1.13 bits per heavy atom. The average Bonchev–Trinajstić information content (AvgIpc) is 2.77. The Morgan fingerprint density at radius 3 is 2.60 bits per heavy atom. The van der Waals surface area contributed by atoms with E-state index in [1.54, 1.807) is 31.4 Å². The van der Waals surface area contributed by atoms with Gasteiger partial charge in [0.1, 0.15) is 11.6 Å². The number of methoxy groups -OCH3 is 1. The van der Waals surface area contributed by atoms with E-state index in [4.69, 9.17) is 10.5 Å². The third kappa shape index (κ3) is 3.89. The molecule has 0 unspecified atom stereocenters. The van der Waals surface area contributed by atoms with Gasteiger partial charge in [-0.05, 0) is 97.0 Å². The summed E-state index contributed by atoms with van der Waals surface area (Å²) in [5.41, 5.74) is 9.18. The molecule has 1 aromatic heterocycles. The summed E-state index contributed by atoms with van der Waals surface area (Å²) < 4.78 is 19.2. The number of halogens is 1. The van der Waals surface area contributed by atoms with Gasteiger partial charge in [-0.15, -0.1) is 0 Å². The first-order valence-corrected chi connectivity index (χ1v) is 10.5. The van der Waals surface area contributed by atoms with Crippen molar-refractivity contribution in [2.45, 2.75) is 44.4 Å². The van der Waals surface area contributed by atoms with Crippen LogP contribution in [-0.2, 0) is 0 Å². The molecular weight excluding hydrogens is 379 g/mol. The molecule has 4 rings (SSSR count). The van der Waals surface area contributed by atoms with Crippen LogP contribution in [0.25, 0.3) is 10.9 Å². The van der Waals surface area contributed by atoms with E-state index in [2.05, 4.69) is 11.9 Å². The standard InChI is InChI=1S/C25H27FN2O2/c1-15(22-14-19(30-2)8-9-21(22)25(27)29)16-3-5-17(6-4-16)20-11-12-28-24-10-7-18(26)13-23(20)24/h7-17H,3-6H2,1-2H3,(H2,27,29)/t15-,16?,17?/m1/s1. The number of hydrogen-bond acceptors (Lipinski definition) is 3. The van der Waals surface area contributed by atoms with Crippen LogP contribution in [0, 0.1) is 11.7 Å². The quantitative estimate of drug-likeness (QED) is 0.603. The van der Waals surface area contributed by atoms with E-state index in [-0.39, 0.29) is 11.7 Å². The number of benzene rings is 2. The van der Waals surface area contributed by atoms with Crippen LogP contribution in [0.4, 0.5) is 4.39 Å². The Morgan fingerprint density at radius 2 is 1.90 bits per heavy atom. The van der Waals surface area contributed by atoms with Crippen LogP contribution in [0.5, 0.6) is 5.75 Å². The molecular formula is C25H27FN2O2. The lowest BCUT2D eigenvalue weighted by molar-refractivity contribution is 0.0998. The van der Waals surface area contributed by atoms with Gasteiger partial charge in [0.05, 0.1) is 12.6 Å². The number of pyridine rings is 1. The van der Waals surface area contributed by atoms with Crippen LogP contribution < -0.4 is 10.5 Å². The van der Waals surface area contributed by atoms with Gasteiger partial charge in [-0.25, -0.2) is 4.39 Å². The lowest BCUT2D eigenvalue weighted by atomic mass is 9.71. The molecule has 1 aliphatic carbocycles. The van der Waals surface area contributed by atoms with Crippen LogP contribution in [0.2, 0.25) is 0 Å². The number of primary amides is 1. The van der Waals surface area contributed by atoms with E-state index in [1.165, 1.54) is 11.6 Å². The van der Waals surface area contributed by atoms with Gasteiger partial charge in [-0.1, -0.05) is 6.92 Å². The van der Waals surface area contributed by atoms with Crippen molar-refractivity contribution >= 4 is 16.8 Å². The van der Waals surface area contributed by atoms with Crippen molar-refractivity contribution in [3.8, 4) is 5.75 Å². The van der Waals surface area contributed by atoms with Gasteiger partial charge in [-0.3, -0.25) is 9.78 Å². The number of fused-ring (bicyclic) bond motifs is 1. The van der Waals surface area contributed by atoms with E-state index >= 15 is 0 Å². The second-order valence-electron chi connectivity index (χ2n) is 8.28. The van der Waals surface area contributed by atoms with Gasteiger partial charge in [0.25, 0.3) is 0 Å². The highest BCUT2D eigenvalue weighted by Crippen LogP contribution is 2.44. The van der Waals surface area contributed by atoms with Crippen molar-refractivity contribution in [3.63, 3.8) is 0 Å². The van der Waals surface area contributed by atoms with E-state index in [0.29, 0.717) is 17.4 Å². The summed E-state index contributed by atoms with van der Waals surface area (Å²) in [4.78, 5) is 16.3. The number of rotatable bonds is 5. The molecule has 0 radical (unpaired) electrons. The highest BCUT2D eigenvalue weighted by Gasteiger charge is 2.29. The molecule has 2 aromatic carbocycles. The molecule has 1 amide bonds. The Labute approximate surface area is 176 Å². The lowest BCUT2D eigenvalue weighted by Crippen LogP contribution is -2.22. The zero-order valence-electron chi connectivity index (χ0n) is 17.4. The fourth-order valence-electron chi connectivity index (χ4n) is 4.95. The van der Waals surface area contributed by atoms with Gasteiger partial charge in [0.2, 0.25) is 5.91 Å². The number of amides is 1. The number of hydrogen-bond donors (Lipinski definition) is 1. The molecule has 1 atom stereocenters. The molecule has 0 spiro atoms. The van der Waals surface area contributed by atoms with Crippen LogP contribution in [0.15, 0.2) is 48.7 Å². The Kier molecular flexibility index (Phi) is 5.71. The summed E-state index contributed by atoms with van der Waals surface area (Å²) in [5, 5.41) is 0.915. The molecule has 4 nitrogen and oxygen atoms in total. The van der Waals surface area contributed by atoms with Gasteiger partial charge >= 0.3 is 0 Å². The van der Waals surface area contributed by atoms with Crippen LogP contribution in [0.1, 0.15) is 65.9 Å². The van der Waals surface area contributed by atoms with Gasteiger partial charge in [0.15, 0.2) is 0 Å². The number of aromatic nitrogens is 1. The zero-order valence-corrected chi connectivity index (χ0v) is 17.4. The summed E-state index contributed by atoms with van der Waals surface area (Å²) in [6.07, 6.45) is 5.96. The molecule has 0 bridgehead atoms. The first-order valence-electron chi connectivity index (χ1n) is 10.5. The maximum absolute atomic E-state index is 13.8. The summed E-state index contributed by atoms with van der Waals surface area (Å²) in [6, 6.07) is 12.3. The number of nitrogens with zero attached hydrogens (tertiary/aromatic N) is 1. The van der Waals surface area contributed by atoms with Crippen molar-refractivity contribution in [1.82, 2.24) is 4.98 Å². The third-order valence-electron chi connectivity index (χ3n) is 6.67. The third-order valence-corrected chi connectivity index (χ3v) is 6.67. The van der Waals surface area contributed by atoms with E-state index in [0.717, 1.165) is 47.9 Å². The highest BCUT2D eigenvalue weighted by molar-refractivity contribution is 5.94. The van der Waals surface area contributed by atoms with Crippen LogP contribution >= 0.6 is 0 Å². The smallest absolute Gasteiger partial charge is 0.248 e. The molecule has 156 valence electrons. The molecule has 3 aromatic rings. The zero-order chi connectivity index (χ0) is 21.3. The molecule has 5 heteroatoms. The molecule has 1 fully saturated rings. The fraction of sp³-hybridized carbons (Fsp3) is 0.360. The molecule has 2 N–H and O–H groups in total. The molecule has 30 heavy (non-hydrogen) atoms. The minimum absolute atomic E-state index is 0.204. The molecule has 0 aliphatic heterocycles. The predicted octanol–water partition coefficient (Wildman–Crippen LogP) is 5.56. The van der Waals surface area contributed by atoms with E-state index in [9.17, 15) is 9.18 Å². The van der Waals surface area contributed by atoms with Crippen molar-refractivity contribution in [2.24, 2.45) is 11.7 Å². The average molecular weight is 407 g/mol. The number of ether oxygens (including phenoxy) is 1. The Bertz CT molecular complexity index is 1070. The first kappa shape index (κ1) is 20.3. The Hall–Kier alpha value is -2.95. The number of carbonyl (C=O) groups is 1. The SMILES string of the molecule is COc1ccc(C(N)=O)c([C@H](C)C2CCC(c3ccnc4ccc(F)cc34)CC2)c1. The van der Waals surface area contributed by atoms with E-state index in [1.807, 2.05) is 18.3 Å². The Balaban J connectivity index is 1.54. The monoisotopic (exact) mass is 406 g/mol. The fourth-order valence-corrected chi connectivity index (χ4v) is 4.95. The minimum Gasteiger partial charge on any atom is -0.497 e. The van der Waals surface area contributed by atoms with E-state index < -0.39 is 5.91 Å².